The molecule has 2 fully saturated rings. The average Bonchev–Trinajstić information content (AvgIpc) is 3.15. The van der Waals surface area contributed by atoms with E-state index < -0.39 is 5.60 Å². The van der Waals surface area contributed by atoms with Crippen LogP contribution in [0.2, 0.25) is 0 Å². The van der Waals surface area contributed by atoms with Crippen molar-refractivity contribution < 1.29 is 14.6 Å². The molecule has 1 N–H and O–H groups in total. The number of aliphatic hydroxyl groups is 1. The highest BCUT2D eigenvalue weighted by molar-refractivity contribution is 5.78. The van der Waals surface area contributed by atoms with Crippen molar-refractivity contribution >= 4 is 5.91 Å². The Balaban J connectivity index is 1.84. The van der Waals surface area contributed by atoms with Crippen molar-refractivity contribution in [2.24, 2.45) is 11.8 Å². The number of ether oxygens (including phenoxy) is 1. The zero-order valence-corrected chi connectivity index (χ0v) is 12.3. The second kappa shape index (κ2) is 5.77. The molecule has 110 valence electrons. The summed E-state index contributed by atoms with van der Waals surface area (Å²) in [5, 5.41) is 10.7. The van der Waals surface area contributed by atoms with Crippen molar-refractivity contribution in [1.29, 1.82) is 0 Å². The van der Waals surface area contributed by atoms with Crippen LogP contribution in [0.3, 0.4) is 0 Å². The van der Waals surface area contributed by atoms with Crippen molar-refractivity contribution in [2.75, 3.05) is 46.9 Å². The first-order valence-electron chi connectivity index (χ1n) is 7.15. The second-order valence-corrected chi connectivity index (χ2v) is 6.17. The molecule has 19 heavy (non-hydrogen) atoms. The maximum absolute atomic E-state index is 12.2. The van der Waals surface area contributed by atoms with E-state index >= 15 is 0 Å². The van der Waals surface area contributed by atoms with Crippen LogP contribution in [0, 0.1) is 11.8 Å². The van der Waals surface area contributed by atoms with Crippen LogP contribution in [0.1, 0.15) is 19.8 Å². The largest absolute Gasteiger partial charge is 0.387 e. The minimum atomic E-state index is -0.638. The topological polar surface area (TPSA) is 53.0 Å². The van der Waals surface area contributed by atoms with Crippen molar-refractivity contribution in [3.63, 3.8) is 0 Å². The van der Waals surface area contributed by atoms with E-state index in [2.05, 4.69) is 6.92 Å². The monoisotopic (exact) mass is 270 g/mol. The van der Waals surface area contributed by atoms with E-state index in [4.69, 9.17) is 4.74 Å². The lowest BCUT2D eigenvalue weighted by Gasteiger charge is -2.27. The van der Waals surface area contributed by atoms with Crippen LogP contribution in [0.15, 0.2) is 0 Å². The zero-order valence-electron chi connectivity index (χ0n) is 12.3. The fraction of sp³-hybridized carbons (Fsp3) is 0.929. The highest BCUT2D eigenvalue weighted by atomic mass is 16.5. The number of nitrogens with zero attached hydrogens (tertiary/aromatic N) is 2. The number of amides is 1. The normalized spacial score (nSPS) is 31.2. The molecule has 0 aromatic rings. The Morgan fingerprint density at radius 3 is 2.79 bits per heavy atom. The number of hydrogen-bond donors (Lipinski definition) is 1. The van der Waals surface area contributed by atoms with E-state index in [1.54, 1.807) is 7.11 Å². The van der Waals surface area contributed by atoms with Crippen molar-refractivity contribution in [2.45, 2.75) is 25.4 Å². The van der Waals surface area contributed by atoms with Gasteiger partial charge in [0.1, 0.15) is 0 Å². The molecule has 5 nitrogen and oxygen atoms in total. The first-order valence-corrected chi connectivity index (χ1v) is 7.15. The third-order valence-electron chi connectivity index (χ3n) is 4.51. The van der Waals surface area contributed by atoms with E-state index in [-0.39, 0.29) is 11.8 Å². The van der Waals surface area contributed by atoms with Crippen LogP contribution in [0.4, 0.5) is 0 Å². The van der Waals surface area contributed by atoms with Crippen LogP contribution >= 0.6 is 0 Å². The van der Waals surface area contributed by atoms with Gasteiger partial charge in [0.2, 0.25) is 5.91 Å². The van der Waals surface area contributed by atoms with Gasteiger partial charge in [-0.25, -0.2) is 0 Å². The summed E-state index contributed by atoms with van der Waals surface area (Å²) in [5.41, 5.74) is -0.638. The first kappa shape index (κ1) is 14.8. The van der Waals surface area contributed by atoms with Gasteiger partial charge in [0, 0.05) is 26.1 Å². The summed E-state index contributed by atoms with van der Waals surface area (Å²) in [4.78, 5) is 16.0. The standard InChI is InChI=1S/C14H26N2O3/c1-11-8-16(10-14(11,18)12-4-5-12)13(17)9-15(2)6-7-19-3/h11-12,18H,4-10H2,1-3H3/t11-,14+/m1/s1. The number of β-amino-alcohol motifs (C(OH)–C–C–N with tert-alkyl or cyclic N) is 1. The minimum Gasteiger partial charge on any atom is -0.387 e. The van der Waals surface area contributed by atoms with Crippen LogP contribution in [-0.4, -0.2) is 73.4 Å². The summed E-state index contributed by atoms with van der Waals surface area (Å²) in [6.07, 6.45) is 2.22. The van der Waals surface area contributed by atoms with Crippen molar-refractivity contribution in [3.8, 4) is 0 Å². The van der Waals surface area contributed by atoms with Gasteiger partial charge in [-0.1, -0.05) is 6.92 Å². The number of rotatable bonds is 6. The third-order valence-corrected chi connectivity index (χ3v) is 4.51. The molecule has 1 amide bonds. The number of carbonyl (C=O) groups is 1. The number of hydrogen-bond acceptors (Lipinski definition) is 4. The van der Waals surface area contributed by atoms with Crippen LogP contribution < -0.4 is 0 Å². The van der Waals surface area contributed by atoms with Crippen LogP contribution in [0.5, 0.6) is 0 Å². The Morgan fingerprint density at radius 2 is 2.21 bits per heavy atom. The van der Waals surface area contributed by atoms with Gasteiger partial charge in [-0.15, -0.1) is 0 Å². The predicted octanol–water partition coefficient (Wildman–Crippen LogP) is 0.184. The summed E-state index contributed by atoms with van der Waals surface area (Å²) in [6.45, 7) is 5.03. The number of likely N-dealkylation sites (tertiary alicyclic amines) is 1. The summed E-state index contributed by atoms with van der Waals surface area (Å²) < 4.78 is 5.00. The molecule has 2 atom stereocenters. The van der Waals surface area contributed by atoms with Gasteiger partial charge in [-0.2, -0.15) is 0 Å². The Bertz CT molecular complexity index is 333. The van der Waals surface area contributed by atoms with Gasteiger partial charge in [0.05, 0.1) is 25.3 Å². The lowest BCUT2D eigenvalue weighted by molar-refractivity contribution is -0.132. The number of likely N-dealkylation sites (N-methyl/N-ethyl adjacent to an activating group) is 1. The van der Waals surface area contributed by atoms with E-state index in [9.17, 15) is 9.90 Å². The molecular formula is C14H26N2O3. The number of methoxy groups -OCH3 is 1. The molecule has 2 rings (SSSR count). The van der Waals surface area contributed by atoms with Gasteiger partial charge in [-0.05, 0) is 25.8 Å². The van der Waals surface area contributed by atoms with E-state index in [0.717, 1.165) is 19.4 Å². The molecule has 0 bridgehead atoms. The highest BCUT2D eigenvalue weighted by Crippen LogP contribution is 2.46. The molecule has 2 aliphatic rings. The zero-order chi connectivity index (χ0) is 14.0. The predicted molar refractivity (Wildman–Crippen MR) is 72.8 cm³/mol. The highest BCUT2D eigenvalue weighted by Gasteiger charge is 2.53. The van der Waals surface area contributed by atoms with E-state index in [0.29, 0.717) is 32.2 Å². The molecular weight excluding hydrogens is 244 g/mol. The fourth-order valence-electron chi connectivity index (χ4n) is 2.98. The lowest BCUT2D eigenvalue weighted by atomic mass is 9.88. The Kier molecular flexibility index (Phi) is 4.48. The number of carbonyl (C=O) groups excluding carboxylic acids is 1. The second-order valence-electron chi connectivity index (χ2n) is 6.17. The van der Waals surface area contributed by atoms with E-state index in [1.165, 1.54) is 0 Å². The maximum Gasteiger partial charge on any atom is 0.236 e. The maximum atomic E-state index is 12.2. The summed E-state index contributed by atoms with van der Waals surface area (Å²) in [5.74, 6) is 0.710. The molecule has 1 saturated carbocycles. The molecule has 1 heterocycles. The molecule has 1 saturated heterocycles. The molecule has 1 aliphatic carbocycles. The van der Waals surface area contributed by atoms with Gasteiger partial charge < -0.3 is 14.7 Å². The molecule has 1 aliphatic heterocycles. The molecule has 0 radical (unpaired) electrons. The summed E-state index contributed by atoms with van der Waals surface area (Å²) >= 11 is 0. The summed E-state index contributed by atoms with van der Waals surface area (Å²) in [7, 11) is 3.58. The Hall–Kier alpha value is -0.650. The van der Waals surface area contributed by atoms with Crippen LogP contribution in [-0.2, 0) is 9.53 Å². The minimum absolute atomic E-state index is 0.113. The van der Waals surface area contributed by atoms with Gasteiger partial charge in [0.15, 0.2) is 0 Å². The molecule has 0 unspecified atom stereocenters. The molecule has 0 aromatic heterocycles. The van der Waals surface area contributed by atoms with Crippen LogP contribution in [0.25, 0.3) is 0 Å². The molecule has 0 aromatic carbocycles. The van der Waals surface area contributed by atoms with E-state index in [1.807, 2.05) is 16.8 Å². The van der Waals surface area contributed by atoms with Crippen molar-refractivity contribution in [1.82, 2.24) is 9.80 Å². The quantitative estimate of drug-likeness (QED) is 0.748. The SMILES string of the molecule is COCCN(C)CC(=O)N1C[C@@H](C)[C@](O)(C2CC2)C1. The van der Waals surface area contributed by atoms with Gasteiger partial charge in [0.25, 0.3) is 0 Å². The summed E-state index contributed by atoms with van der Waals surface area (Å²) in [6, 6.07) is 0. The van der Waals surface area contributed by atoms with Crippen molar-refractivity contribution in [3.05, 3.63) is 0 Å². The fourth-order valence-corrected chi connectivity index (χ4v) is 2.98. The Morgan fingerprint density at radius 1 is 1.53 bits per heavy atom. The Labute approximate surface area is 115 Å². The molecule has 5 heteroatoms. The smallest absolute Gasteiger partial charge is 0.236 e. The van der Waals surface area contributed by atoms with Gasteiger partial charge >= 0.3 is 0 Å². The van der Waals surface area contributed by atoms with Gasteiger partial charge in [-0.3, -0.25) is 9.69 Å². The third kappa shape index (κ3) is 3.27. The molecule has 0 spiro atoms. The first-order chi connectivity index (χ1) is 8.97. The average molecular weight is 270 g/mol. The lowest BCUT2D eigenvalue weighted by Crippen LogP contribution is -2.42.